The molecule has 18 heavy (non-hydrogen) atoms. The summed E-state index contributed by atoms with van der Waals surface area (Å²) in [5.74, 6) is -0.505. The number of Topliss-reactive ketones (excluding diaryl/α,β-unsaturated/α-hetero) is 1. The van der Waals surface area contributed by atoms with E-state index in [-0.39, 0.29) is 17.2 Å². The smallest absolute Gasteiger partial charge is 0.167 e. The lowest BCUT2D eigenvalue weighted by Gasteiger charge is -2.03. The van der Waals surface area contributed by atoms with E-state index in [9.17, 15) is 9.18 Å². The third-order valence-corrected chi connectivity index (χ3v) is 3.28. The first-order valence-corrected chi connectivity index (χ1v) is 6.46. The van der Waals surface area contributed by atoms with Crippen molar-refractivity contribution in [2.75, 3.05) is 0 Å². The van der Waals surface area contributed by atoms with Crippen molar-refractivity contribution in [3.63, 3.8) is 0 Å². The molecule has 0 amide bonds. The van der Waals surface area contributed by atoms with Gasteiger partial charge in [-0.1, -0.05) is 45.7 Å². The Kier molecular flexibility index (Phi) is 4.15. The number of halogens is 3. The third kappa shape index (κ3) is 3.18. The van der Waals surface area contributed by atoms with E-state index in [1.54, 1.807) is 24.3 Å². The summed E-state index contributed by atoms with van der Waals surface area (Å²) in [5, 5.41) is 0.0366. The van der Waals surface area contributed by atoms with Gasteiger partial charge in [-0.15, -0.1) is 0 Å². The fourth-order valence-electron chi connectivity index (χ4n) is 1.60. The van der Waals surface area contributed by atoms with E-state index >= 15 is 0 Å². The molecular formula is C14H9BrClFO. The maximum atomic E-state index is 13.0. The summed E-state index contributed by atoms with van der Waals surface area (Å²) >= 11 is 8.99. The van der Waals surface area contributed by atoms with E-state index in [1.165, 1.54) is 12.1 Å². The van der Waals surface area contributed by atoms with Crippen LogP contribution >= 0.6 is 27.5 Å². The second kappa shape index (κ2) is 5.63. The highest BCUT2D eigenvalue weighted by Crippen LogP contribution is 2.18. The lowest BCUT2D eigenvalue weighted by molar-refractivity contribution is 0.0993. The number of carbonyl (C=O) groups excluding carboxylic acids is 1. The molecule has 0 bridgehead atoms. The number of ketones is 1. The van der Waals surface area contributed by atoms with E-state index in [4.69, 9.17) is 11.6 Å². The maximum Gasteiger partial charge on any atom is 0.167 e. The third-order valence-electron chi connectivity index (χ3n) is 2.50. The zero-order chi connectivity index (χ0) is 13.1. The molecule has 1 nitrogen and oxygen atoms in total. The highest BCUT2D eigenvalue weighted by Gasteiger charge is 2.09. The van der Waals surface area contributed by atoms with E-state index < -0.39 is 5.82 Å². The predicted octanol–water partition coefficient (Wildman–Crippen LogP) is 4.67. The van der Waals surface area contributed by atoms with E-state index in [0.717, 1.165) is 4.47 Å². The van der Waals surface area contributed by atoms with Gasteiger partial charge >= 0.3 is 0 Å². The van der Waals surface area contributed by atoms with Gasteiger partial charge in [0.15, 0.2) is 5.78 Å². The van der Waals surface area contributed by atoms with Gasteiger partial charge in [-0.05, 0) is 29.8 Å². The normalized spacial score (nSPS) is 10.4. The lowest BCUT2D eigenvalue weighted by atomic mass is 10.0. The molecule has 4 heteroatoms. The summed E-state index contributed by atoms with van der Waals surface area (Å²) in [6.45, 7) is 0. The van der Waals surface area contributed by atoms with E-state index in [1.807, 2.05) is 6.07 Å². The summed E-state index contributed by atoms with van der Waals surface area (Å²) in [6.07, 6.45) is 0.205. The molecule has 0 heterocycles. The molecule has 0 spiro atoms. The fraction of sp³-hybridized carbons (Fsp3) is 0.0714. The number of rotatable bonds is 3. The summed E-state index contributed by atoms with van der Waals surface area (Å²) in [7, 11) is 0. The molecule has 0 saturated heterocycles. The molecular weight excluding hydrogens is 319 g/mol. The summed E-state index contributed by atoms with van der Waals surface area (Å²) in [6, 6.07) is 11.5. The number of carbonyl (C=O) groups is 1. The quantitative estimate of drug-likeness (QED) is 0.749. The Morgan fingerprint density at radius 1 is 1.22 bits per heavy atom. The van der Waals surface area contributed by atoms with Crippen molar-refractivity contribution in [3.05, 3.63) is 68.9 Å². The first-order valence-electron chi connectivity index (χ1n) is 5.29. The molecule has 0 aliphatic carbocycles. The highest BCUT2D eigenvalue weighted by atomic mass is 79.9. The van der Waals surface area contributed by atoms with Gasteiger partial charge in [-0.25, -0.2) is 4.39 Å². The minimum Gasteiger partial charge on any atom is -0.294 e. The van der Waals surface area contributed by atoms with Crippen LogP contribution < -0.4 is 0 Å². The van der Waals surface area contributed by atoms with Crippen LogP contribution in [0, 0.1) is 5.82 Å². The average Bonchev–Trinajstić information content (AvgIpc) is 2.34. The van der Waals surface area contributed by atoms with Crippen LogP contribution in [0.5, 0.6) is 0 Å². The van der Waals surface area contributed by atoms with Crippen molar-refractivity contribution < 1.29 is 9.18 Å². The van der Waals surface area contributed by atoms with Gasteiger partial charge in [0.05, 0.1) is 5.02 Å². The molecule has 0 fully saturated rings. The van der Waals surface area contributed by atoms with Crippen LogP contribution in [0.15, 0.2) is 46.9 Å². The number of hydrogen-bond donors (Lipinski definition) is 0. The van der Waals surface area contributed by atoms with Gasteiger partial charge in [0.25, 0.3) is 0 Å². The van der Waals surface area contributed by atoms with E-state index in [0.29, 0.717) is 11.1 Å². The molecule has 0 aromatic heterocycles. The Morgan fingerprint density at radius 2 is 2.00 bits per heavy atom. The molecule has 92 valence electrons. The SMILES string of the molecule is O=C(Cc1ccc(F)c(Cl)c1)c1cccc(Br)c1. The summed E-state index contributed by atoms with van der Waals surface area (Å²) in [4.78, 5) is 12.0. The van der Waals surface area contributed by atoms with Gasteiger partial charge in [0, 0.05) is 16.5 Å². The van der Waals surface area contributed by atoms with E-state index in [2.05, 4.69) is 15.9 Å². The Balaban J connectivity index is 2.18. The molecule has 0 unspecified atom stereocenters. The first kappa shape index (κ1) is 13.2. The average molecular weight is 328 g/mol. The van der Waals surface area contributed by atoms with Crippen LogP contribution in [0.3, 0.4) is 0 Å². The van der Waals surface area contributed by atoms with Crippen molar-refractivity contribution in [2.24, 2.45) is 0 Å². The molecule has 0 aliphatic heterocycles. The fourth-order valence-corrected chi connectivity index (χ4v) is 2.20. The second-order valence-corrected chi connectivity index (χ2v) is 5.18. The highest BCUT2D eigenvalue weighted by molar-refractivity contribution is 9.10. The van der Waals surface area contributed by atoms with Gasteiger partial charge < -0.3 is 0 Å². The largest absolute Gasteiger partial charge is 0.294 e. The molecule has 2 aromatic carbocycles. The molecule has 0 radical (unpaired) electrons. The molecule has 0 atom stereocenters. The number of hydrogen-bond acceptors (Lipinski definition) is 1. The molecule has 2 rings (SSSR count). The monoisotopic (exact) mass is 326 g/mol. The van der Waals surface area contributed by atoms with Crippen LogP contribution in [-0.4, -0.2) is 5.78 Å². The van der Waals surface area contributed by atoms with Crippen LogP contribution in [0.4, 0.5) is 4.39 Å². The Labute approximate surface area is 118 Å². The van der Waals surface area contributed by atoms with Gasteiger partial charge in [-0.2, -0.15) is 0 Å². The van der Waals surface area contributed by atoms with Gasteiger partial charge in [0.2, 0.25) is 0 Å². The minimum atomic E-state index is -0.477. The summed E-state index contributed by atoms with van der Waals surface area (Å²) in [5.41, 5.74) is 1.32. The molecule has 0 aliphatic rings. The Morgan fingerprint density at radius 3 is 2.67 bits per heavy atom. The van der Waals surface area contributed by atoms with Crippen molar-refractivity contribution in [2.45, 2.75) is 6.42 Å². The second-order valence-electron chi connectivity index (χ2n) is 3.86. The first-order chi connectivity index (χ1) is 8.56. The summed E-state index contributed by atoms with van der Waals surface area (Å²) < 4.78 is 13.8. The molecule has 2 aromatic rings. The Hall–Kier alpha value is -1.19. The lowest BCUT2D eigenvalue weighted by Crippen LogP contribution is -2.03. The standard InChI is InChI=1S/C14H9BrClFO/c15-11-3-1-2-10(8-11)14(18)7-9-4-5-13(17)12(16)6-9/h1-6,8H,7H2. The van der Waals surface area contributed by atoms with Crippen molar-refractivity contribution in [1.29, 1.82) is 0 Å². The van der Waals surface area contributed by atoms with Gasteiger partial charge in [0.1, 0.15) is 5.82 Å². The molecule has 0 N–H and O–H groups in total. The van der Waals surface area contributed by atoms with Crippen LogP contribution in [0.1, 0.15) is 15.9 Å². The topological polar surface area (TPSA) is 17.1 Å². The molecule has 0 saturated carbocycles. The predicted molar refractivity (Wildman–Crippen MR) is 73.6 cm³/mol. The van der Waals surface area contributed by atoms with Crippen LogP contribution in [0.2, 0.25) is 5.02 Å². The van der Waals surface area contributed by atoms with Crippen molar-refractivity contribution in [1.82, 2.24) is 0 Å². The zero-order valence-corrected chi connectivity index (χ0v) is 11.6. The zero-order valence-electron chi connectivity index (χ0n) is 9.29. The van der Waals surface area contributed by atoms with Crippen molar-refractivity contribution >= 4 is 33.3 Å². The number of benzene rings is 2. The van der Waals surface area contributed by atoms with Crippen LogP contribution in [-0.2, 0) is 6.42 Å². The minimum absolute atomic E-state index is 0.0287. The van der Waals surface area contributed by atoms with Crippen molar-refractivity contribution in [3.8, 4) is 0 Å². The van der Waals surface area contributed by atoms with Crippen LogP contribution in [0.25, 0.3) is 0 Å². The van der Waals surface area contributed by atoms with Gasteiger partial charge in [-0.3, -0.25) is 4.79 Å². The Bertz CT molecular complexity index is 598. The maximum absolute atomic E-state index is 13.0.